The van der Waals surface area contributed by atoms with Crippen LogP contribution in [0.5, 0.6) is 0 Å². The van der Waals surface area contributed by atoms with Gasteiger partial charge >= 0.3 is 0 Å². The Morgan fingerprint density at radius 1 is 1.35 bits per heavy atom. The Hall–Kier alpha value is -1.60. The lowest BCUT2D eigenvalue weighted by Gasteiger charge is -2.20. The number of carbonyl (C=O) groups excluding carboxylic acids is 2. The molecule has 0 aliphatic carbocycles. The number of amides is 2. The topological polar surface area (TPSA) is 74.8 Å². The maximum Gasteiger partial charge on any atom is 0.255 e. The summed E-state index contributed by atoms with van der Waals surface area (Å²) in [6.07, 6.45) is 0. The molecule has 0 aromatic heterocycles. The van der Waals surface area contributed by atoms with E-state index in [0.29, 0.717) is 13.1 Å². The van der Waals surface area contributed by atoms with E-state index in [2.05, 4.69) is 0 Å². The fraction of sp³-hybridized carbons (Fsp3) is 0.467. The van der Waals surface area contributed by atoms with Gasteiger partial charge < -0.3 is 4.90 Å². The highest BCUT2D eigenvalue weighted by Gasteiger charge is 2.42. The Bertz CT molecular complexity index is 744. The lowest BCUT2D eigenvalue weighted by molar-refractivity contribution is -0.119. The van der Waals surface area contributed by atoms with Crippen LogP contribution in [0.1, 0.15) is 31.1 Å². The Kier molecular flexibility index (Phi) is 5.01. The molecule has 23 heavy (non-hydrogen) atoms. The van der Waals surface area contributed by atoms with Gasteiger partial charge in [0.25, 0.3) is 5.91 Å². The molecule has 1 aliphatic rings. The van der Waals surface area contributed by atoms with E-state index in [-0.39, 0.29) is 27.9 Å². The molecular weight excluding hydrogens is 340 g/mol. The maximum atomic E-state index is 12.3. The molecule has 0 radical (unpaired) electrons. The molecule has 1 aliphatic heterocycles. The predicted molar refractivity (Wildman–Crippen MR) is 89.1 cm³/mol. The minimum atomic E-state index is -3.68. The molecule has 1 fully saturated rings. The first-order chi connectivity index (χ1) is 10.7. The molecule has 2 rings (SSSR count). The van der Waals surface area contributed by atoms with E-state index in [9.17, 15) is 18.0 Å². The number of carbonyl (C=O) groups is 2. The maximum absolute atomic E-state index is 12.3. The molecule has 0 spiro atoms. The molecule has 1 unspecified atom stereocenters. The zero-order valence-corrected chi connectivity index (χ0v) is 14.8. The molecule has 0 N–H and O–H groups in total. The first-order valence-electron chi connectivity index (χ1n) is 7.38. The van der Waals surface area contributed by atoms with Crippen LogP contribution >= 0.6 is 11.6 Å². The fourth-order valence-electron chi connectivity index (χ4n) is 2.57. The zero-order valence-electron chi connectivity index (χ0n) is 13.2. The molecule has 1 atom stereocenters. The van der Waals surface area contributed by atoms with Crippen LogP contribution in [0.3, 0.4) is 0 Å². The van der Waals surface area contributed by atoms with Gasteiger partial charge in [-0.25, -0.2) is 12.7 Å². The van der Waals surface area contributed by atoms with E-state index in [1.54, 1.807) is 11.8 Å². The van der Waals surface area contributed by atoms with Gasteiger partial charge in [-0.05, 0) is 32.0 Å². The summed E-state index contributed by atoms with van der Waals surface area (Å²) in [6, 6.07) is 4.26. The highest BCUT2D eigenvalue weighted by Crippen LogP contribution is 2.31. The van der Waals surface area contributed by atoms with E-state index in [0.717, 1.165) is 4.31 Å². The van der Waals surface area contributed by atoms with Gasteiger partial charge in [0.2, 0.25) is 15.9 Å². The minimum absolute atomic E-state index is 0.127. The van der Waals surface area contributed by atoms with Crippen LogP contribution in [0.4, 0.5) is 5.69 Å². The average Bonchev–Trinajstić information content (AvgIpc) is 2.68. The van der Waals surface area contributed by atoms with Crippen molar-refractivity contribution in [2.24, 2.45) is 5.92 Å². The van der Waals surface area contributed by atoms with Gasteiger partial charge in [0.05, 0.1) is 27.9 Å². The smallest absolute Gasteiger partial charge is 0.255 e. The number of hydrogen-bond donors (Lipinski definition) is 0. The van der Waals surface area contributed by atoms with Crippen molar-refractivity contribution in [3.05, 3.63) is 28.8 Å². The summed E-state index contributed by atoms with van der Waals surface area (Å²) in [5.74, 6) is -1.51. The monoisotopic (exact) mass is 358 g/mol. The SMILES string of the molecule is CCN(CC)C(=O)c1ccc(N2C(=O)C(C)CS2(=O)=O)cc1Cl. The molecule has 1 aromatic rings. The van der Waals surface area contributed by atoms with Gasteiger partial charge in [0.1, 0.15) is 0 Å². The standard InChI is InChI=1S/C15H19ClN2O4S/c1-4-17(5-2)15(20)12-7-6-11(8-13(12)16)18-14(19)10(3)9-23(18,21)22/h6-8,10H,4-5,9H2,1-3H3. The van der Waals surface area contributed by atoms with Crippen molar-refractivity contribution in [3.63, 3.8) is 0 Å². The fourth-order valence-corrected chi connectivity index (χ4v) is 4.64. The van der Waals surface area contributed by atoms with Crippen molar-refractivity contribution >= 4 is 39.1 Å². The average molecular weight is 359 g/mol. The number of nitrogens with zero attached hydrogens (tertiary/aromatic N) is 2. The van der Waals surface area contributed by atoms with Crippen molar-refractivity contribution in [1.29, 1.82) is 0 Å². The molecule has 126 valence electrons. The Labute approximate surface area is 141 Å². The van der Waals surface area contributed by atoms with Gasteiger partial charge in [-0.15, -0.1) is 0 Å². The van der Waals surface area contributed by atoms with Gasteiger partial charge in [-0.3, -0.25) is 9.59 Å². The number of rotatable bonds is 4. The molecular formula is C15H19ClN2O4S. The van der Waals surface area contributed by atoms with Gasteiger partial charge in [0.15, 0.2) is 0 Å². The van der Waals surface area contributed by atoms with E-state index < -0.39 is 21.8 Å². The van der Waals surface area contributed by atoms with E-state index in [4.69, 9.17) is 11.6 Å². The first kappa shape index (κ1) is 17.7. The third kappa shape index (κ3) is 3.21. The Morgan fingerprint density at radius 2 is 1.96 bits per heavy atom. The first-order valence-corrected chi connectivity index (χ1v) is 9.37. The molecule has 1 heterocycles. The number of hydrogen-bond acceptors (Lipinski definition) is 4. The number of halogens is 1. The highest BCUT2D eigenvalue weighted by atomic mass is 35.5. The van der Waals surface area contributed by atoms with Crippen LogP contribution in [0.2, 0.25) is 5.02 Å². The number of sulfonamides is 1. The van der Waals surface area contributed by atoms with Crippen LogP contribution < -0.4 is 4.31 Å². The minimum Gasteiger partial charge on any atom is -0.339 e. The van der Waals surface area contributed by atoms with Crippen molar-refractivity contribution in [3.8, 4) is 0 Å². The number of anilines is 1. The second-order valence-electron chi connectivity index (χ2n) is 5.42. The molecule has 0 saturated carbocycles. The third-order valence-electron chi connectivity index (χ3n) is 3.83. The summed E-state index contributed by atoms with van der Waals surface area (Å²) in [4.78, 5) is 26.0. The summed E-state index contributed by atoms with van der Waals surface area (Å²) in [6.45, 7) is 6.38. The molecule has 0 bridgehead atoms. The quantitative estimate of drug-likeness (QED) is 0.826. The van der Waals surface area contributed by atoms with Crippen molar-refractivity contribution in [1.82, 2.24) is 4.90 Å². The Balaban J connectivity index is 2.41. The van der Waals surface area contributed by atoms with Crippen LogP contribution in [0.15, 0.2) is 18.2 Å². The van der Waals surface area contributed by atoms with Gasteiger partial charge in [-0.1, -0.05) is 18.5 Å². The second kappa shape index (κ2) is 6.49. The number of benzene rings is 1. The summed E-state index contributed by atoms with van der Waals surface area (Å²) >= 11 is 6.16. The normalized spacial score (nSPS) is 19.9. The lowest BCUT2D eigenvalue weighted by Crippen LogP contribution is -2.32. The molecule has 1 saturated heterocycles. The lowest BCUT2D eigenvalue weighted by atomic mass is 10.1. The predicted octanol–water partition coefficient (Wildman–Crippen LogP) is 2.13. The van der Waals surface area contributed by atoms with Crippen LogP contribution in [0.25, 0.3) is 0 Å². The van der Waals surface area contributed by atoms with Crippen molar-refractivity contribution < 1.29 is 18.0 Å². The largest absolute Gasteiger partial charge is 0.339 e. The molecule has 6 nitrogen and oxygen atoms in total. The summed E-state index contributed by atoms with van der Waals surface area (Å²) in [7, 11) is -3.68. The molecule has 2 amide bonds. The van der Waals surface area contributed by atoms with Crippen LogP contribution in [-0.4, -0.2) is 44.0 Å². The van der Waals surface area contributed by atoms with Gasteiger partial charge in [-0.2, -0.15) is 0 Å². The van der Waals surface area contributed by atoms with E-state index >= 15 is 0 Å². The zero-order chi connectivity index (χ0) is 17.4. The Morgan fingerprint density at radius 3 is 2.39 bits per heavy atom. The van der Waals surface area contributed by atoms with Gasteiger partial charge in [0, 0.05) is 13.1 Å². The van der Waals surface area contributed by atoms with E-state index in [1.165, 1.54) is 18.2 Å². The highest BCUT2D eigenvalue weighted by molar-refractivity contribution is 7.94. The summed E-state index contributed by atoms with van der Waals surface area (Å²) in [5.41, 5.74) is 0.455. The molecule has 1 aromatic carbocycles. The third-order valence-corrected chi connectivity index (χ3v) is 6.01. The van der Waals surface area contributed by atoms with Crippen LogP contribution in [0, 0.1) is 5.92 Å². The van der Waals surface area contributed by atoms with Crippen LogP contribution in [-0.2, 0) is 14.8 Å². The summed E-state index contributed by atoms with van der Waals surface area (Å²) in [5, 5.41) is 0.127. The van der Waals surface area contributed by atoms with E-state index in [1.807, 2.05) is 13.8 Å². The molecule has 8 heteroatoms. The van der Waals surface area contributed by atoms with Crippen molar-refractivity contribution in [2.45, 2.75) is 20.8 Å². The summed E-state index contributed by atoms with van der Waals surface area (Å²) < 4.78 is 25.0. The second-order valence-corrected chi connectivity index (χ2v) is 7.69. The van der Waals surface area contributed by atoms with Crippen molar-refractivity contribution in [2.75, 3.05) is 23.1 Å².